The van der Waals surface area contributed by atoms with E-state index in [1.165, 1.54) is 11.3 Å². The van der Waals surface area contributed by atoms with Crippen LogP contribution < -0.4 is 0 Å². The summed E-state index contributed by atoms with van der Waals surface area (Å²) in [7, 11) is 2.08. The van der Waals surface area contributed by atoms with Crippen LogP contribution in [-0.4, -0.2) is 46.0 Å². The van der Waals surface area contributed by atoms with Crippen LogP contribution in [0.2, 0.25) is 0 Å². The number of nitrogens with zero attached hydrogens (tertiary/aromatic N) is 3. The average Bonchev–Trinajstić information content (AvgIpc) is 3.27. The Labute approximate surface area is 160 Å². The standard InChI is InChI=1S/C23H25N3O/c1-24-20-10-6-5-9-19(20)22-21(24)12-14-26(23(22)27)18-11-13-25(16-18)15-17-7-3-2-4-8-17/h2-10,18H,11-16H2,1H3. The second kappa shape index (κ2) is 6.54. The minimum Gasteiger partial charge on any atom is -0.347 e. The van der Waals surface area contributed by atoms with Gasteiger partial charge in [-0.25, -0.2) is 0 Å². The molecule has 1 aromatic heterocycles. The van der Waals surface area contributed by atoms with Crippen LogP contribution >= 0.6 is 0 Å². The number of rotatable bonds is 3. The molecule has 1 atom stereocenters. The zero-order chi connectivity index (χ0) is 18.4. The number of amides is 1. The number of carbonyl (C=O) groups excluding carboxylic acids is 1. The minimum atomic E-state index is 0.222. The highest BCUT2D eigenvalue weighted by Gasteiger charge is 2.36. The topological polar surface area (TPSA) is 28.5 Å². The predicted molar refractivity (Wildman–Crippen MR) is 108 cm³/mol. The molecule has 4 nitrogen and oxygen atoms in total. The lowest BCUT2D eigenvalue weighted by molar-refractivity contribution is 0.0663. The number of likely N-dealkylation sites (tertiary alicyclic amines) is 1. The van der Waals surface area contributed by atoms with Crippen LogP contribution in [0.5, 0.6) is 0 Å². The van der Waals surface area contributed by atoms with Crippen LogP contribution in [0.4, 0.5) is 0 Å². The molecule has 0 aliphatic carbocycles. The van der Waals surface area contributed by atoms with Gasteiger partial charge in [-0.1, -0.05) is 48.5 Å². The molecule has 138 valence electrons. The maximum absolute atomic E-state index is 13.4. The van der Waals surface area contributed by atoms with E-state index in [4.69, 9.17) is 0 Å². The molecule has 1 amide bonds. The first-order valence-corrected chi connectivity index (χ1v) is 9.86. The molecule has 0 bridgehead atoms. The molecule has 0 saturated carbocycles. The monoisotopic (exact) mass is 359 g/mol. The van der Waals surface area contributed by atoms with Crippen molar-refractivity contribution >= 4 is 16.8 Å². The van der Waals surface area contributed by atoms with Gasteiger partial charge in [0.1, 0.15) is 0 Å². The highest BCUT2D eigenvalue weighted by Crippen LogP contribution is 2.32. The van der Waals surface area contributed by atoms with Gasteiger partial charge in [0.25, 0.3) is 5.91 Å². The summed E-state index contributed by atoms with van der Waals surface area (Å²) in [5.41, 5.74) is 4.63. The third-order valence-electron chi connectivity index (χ3n) is 6.23. The molecule has 3 heterocycles. The first-order valence-electron chi connectivity index (χ1n) is 9.86. The fraction of sp³-hybridized carbons (Fsp3) is 0.348. The fourth-order valence-corrected chi connectivity index (χ4v) is 4.85. The summed E-state index contributed by atoms with van der Waals surface area (Å²) < 4.78 is 2.20. The van der Waals surface area contributed by atoms with Crippen molar-refractivity contribution < 1.29 is 4.79 Å². The molecule has 27 heavy (non-hydrogen) atoms. The van der Waals surface area contributed by atoms with E-state index in [1.807, 2.05) is 6.07 Å². The van der Waals surface area contributed by atoms with Crippen molar-refractivity contribution in [2.24, 2.45) is 7.05 Å². The van der Waals surface area contributed by atoms with E-state index < -0.39 is 0 Å². The molecular weight excluding hydrogens is 334 g/mol. The molecule has 4 heteroatoms. The zero-order valence-electron chi connectivity index (χ0n) is 15.8. The second-order valence-corrected chi connectivity index (χ2v) is 7.81. The van der Waals surface area contributed by atoms with Gasteiger partial charge in [0, 0.05) is 62.3 Å². The number of hydrogen-bond acceptors (Lipinski definition) is 2. The van der Waals surface area contributed by atoms with Crippen LogP contribution in [-0.2, 0) is 20.0 Å². The molecule has 2 aliphatic heterocycles. The molecule has 0 N–H and O–H groups in total. The van der Waals surface area contributed by atoms with E-state index in [0.29, 0.717) is 6.04 Å². The molecule has 1 saturated heterocycles. The van der Waals surface area contributed by atoms with Gasteiger partial charge < -0.3 is 9.47 Å². The van der Waals surface area contributed by atoms with Crippen molar-refractivity contribution in [2.75, 3.05) is 19.6 Å². The Morgan fingerprint density at radius 3 is 2.63 bits per heavy atom. The summed E-state index contributed by atoms with van der Waals surface area (Å²) in [5.74, 6) is 0.222. The minimum absolute atomic E-state index is 0.222. The number of benzene rings is 2. The quantitative estimate of drug-likeness (QED) is 0.717. The summed E-state index contributed by atoms with van der Waals surface area (Å²) in [4.78, 5) is 18.0. The normalized spacial score (nSPS) is 20.4. The summed E-state index contributed by atoms with van der Waals surface area (Å²) in [5, 5.41) is 1.10. The van der Waals surface area contributed by atoms with Gasteiger partial charge in [-0.2, -0.15) is 0 Å². The number of hydrogen-bond donors (Lipinski definition) is 0. The molecule has 0 spiro atoms. The molecule has 2 aliphatic rings. The van der Waals surface area contributed by atoms with Crippen molar-refractivity contribution in [3.63, 3.8) is 0 Å². The van der Waals surface area contributed by atoms with Crippen molar-refractivity contribution in [1.29, 1.82) is 0 Å². The Bertz CT molecular complexity index is 992. The number of para-hydroxylation sites is 1. The van der Waals surface area contributed by atoms with Crippen LogP contribution in [0.15, 0.2) is 54.6 Å². The Morgan fingerprint density at radius 2 is 1.78 bits per heavy atom. The lowest BCUT2D eigenvalue weighted by Gasteiger charge is -2.33. The highest BCUT2D eigenvalue weighted by molar-refractivity contribution is 6.09. The number of aromatic nitrogens is 1. The van der Waals surface area contributed by atoms with E-state index in [9.17, 15) is 4.79 Å². The number of aryl methyl sites for hydroxylation is 1. The van der Waals surface area contributed by atoms with Crippen LogP contribution in [0.1, 0.15) is 28.0 Å². The van der Waals surface area contributed by atoms with Crippen LogP contribution in [0, 0.1) is 0 Å². The third kappa shape index (κ3) is 2.76. The first kappa shape index (κ1) is 16.6. The molecule has 1 fully saturated rings. The Hall–Kier alpha value is -2.59. The SMILES string of the molecule is Cn1c2c(c3ccccc31)C(=O)N(C1CCN(Cc3ccccc3)C1)CC2. The van der Waals surface area contributed by atoms with Gasteiger partial charge in [-0.3, -0.25) is 9.69 Å². The Kier molecular flexibility index (Phi) is 4.01. The number of fused-ring (bicyclic) bond motifs is 3. The van der Waals surface area contributed by atoms with E-state index in [-0.39, 0.29) is 5.91 Å². The van der Waals surface area contributed by atoms with E-state index >= 15 is 0 Å². The molecule has 3 aromatic rings. The predicted octanol–water partition coefficient (Wildman–Crippen LogP) is 3.45. The maximum Gasteiger partial charge on any atom is 0.256 e. The van der Waals surface area contributed by atoms with E-state index in [2.05, 4.69) is 69.9 Å². The average molecular weight is 359 g/mol. The van der Waals surface area contributed by atoms with Gasteiger partial charge in [0.15, 0.2) is 0 Å². The second-order valence-electron chi connectivity index (χ2n) is 7.81. The van der Waals surface area contributed by atoms with Gasteiger partial charge in [-0.15, -0.1) is 0 Å². The van der Waals surface area contributed by atoms with Crippen molar-refractivity contribution in [3.8, 4) is 0 Å². The van der Waals surface area contributed by atoms with Gasteiger partial charge >= 0.3 is 0 Å². The maximum atomic E-state index is 13.4. The van der Waals surface area contributed by atoms with E-state index in [1.54, 1.807) is 0 Å². The summed E-state index contributed by atoms with van der Waals surface area (Å²) in [6.07, 6.45) is 2.01. The molecule has 5 rings (SSSR count). The largest absolute Gasteiger partial charge is 0.347 e. The Morgan fingerprint density at radius 1 is 1.00 bits per heavy atom. The molecule has 1 unspecified atom stereocenters. The summed E-state index contributed by atoms with van der Waals surface area (Å²) in [6.45, 7) is 3.84. The van der Waals surface area contributed by atoms with Crippen molar-refractivity contribution in [1.82, 2.24) is 14.4 Å². The molecule has 2 aromatic carbocycles. The zero-order valence-corrected chi connectivity index (χ0v) is 15.8. The van der Waals surface area contributed by atoms with Crippen molar-refractivity contribution in [3.05, 3.63) is 71.4 Å². The van der Waals surface area contributed by atoms with Gasteiger partial charge in [0.05, 0.1) is 5.56 Å². The van der Waals surface area contributed by atoms with Gasteiger partial charge in [0.2, 0.25) is 0 Å². The van der Waals surface area contributed by atoms with Crippen LogP contribution in [0.3, 0.4) is 0 Å². The van der Waals surface area contributed by atoms with Gasteiger partial charge in [-0.05, 0) is 18.1 Å². The summed E-state index contributed by atoms with van der Waals surface area (Å²) in [6, 6.07) is 19.2. The summed E-state index contributed by atoms with van der Waals surface area (Å²) >= 11 is 0. The Balaban J connectivity index is 1.37. The lowest BCUT2D eigenvalue weighted by Crippen LogP contribution is -2.46. The molecular formula is C23H25N3O. The highest BCUT2D eigenvalue weighted by atomic mass is 16.2. The lowest BCUT2D eigenvalue weighted by atomic mass is 10.0. The first-order chi connectivity index (χ1) is 13.2. The smallest absolute Gasteiger partial charge is 0.256 e. The third-order valence-corrected chi connectivity index (χ3v) is 6.23. The number of carbonyl (C=O) groups is 1. The van der Waals surface area contributed by atoms with Crippen LogP contribution in [0.25, 0.3) is 10.9 Å². The van der Waals surface area contributed by atoms with Crippen molar-refractivity contribution in [2.45, 2.75) is 25.4 Å². The molecule has 0 radical (unpaired) electrons. The van der Waals surface area contributed by atoms with E-state index in [0.717, 1.165) is 55.5 Å². The fourth-order valence-electron chi connectivity index (χ4n) is 4.85.